The van der Waals surface area contributed by atoms with Crippen molar-refractivity contribution < 1.29 is 13.0 Å². The van der Waals surface area contributed by atoms with Crippen molar-refractivity contribution in [3.8, 4) is 0 Å². The van der Waals surface area contributed by atoms with Crippen LogP contribution in [0.4, 0.5) is 0 Å². The molecule has 6 heteroatoms. The Balaban J connectivity index is 3.32. The Bertz CT molecular complexity index is 326. The lowest BCUT2D eigenvalue weighted by atomic mass is 10.4. The molecule has 0 saturated carbocycles. The predicted molar refractivity (Wildman–Crippen MR) is 33.1 cm³/mol. The van der Waals surface area contributed by atoms with Crippen LogP contribution in [0, 0.1) is 6.92 Å². The normalized spacial score (nSPS) is 11.8. The third kappa shape index (κ3) is 1.17. The maximum atomic E-state index is 10.4. The van der Waals surface area contributed by atoms with Crippen LogP contribution in [-0.4, -0.2) is 23.2 Å². The maximum Gasteiger partial charge on any atom is 0.314 e. The van der Waals surface area contributed by atoms with Crippen molar-refractivity contribution >= 4 is 10.1 Å². The summed E-state index contributed by atoms with van der Waals surface area (Å²) in [6.07, 6.45) is 1.39. The molecule has 0 spiro atoms. The van der Waals surface area contributed by atoms with Gasteiger partial charge in [0.05, 0.1) is 0 Å². The molecule has 56 valence electrons. The van der Waals surface area contributed by atoms with Crippen LogP contribution in [0.15, 0.2) is 11.2 Å². The topological polar surface area (TPSA) is 83.0 Å². The number of nitrogens with zero attached hydrogens (tertiary/aromatic N) is 1. The van der Waals surface area contributed by atoms with E-state index < -0.39 is 10.1 Å². The zero-order valence-corrected chi connectivity index (χ0v) is 6.01. The highest BCUT2D eigenvalue weighted by Gasteiger charge is 2.14. The fraction of sp³-hybridized carbons (Fsp3) is 0.250. The Labute approximate surface area is 57.8 Å². The van der Waals surface area contributed by atoms with Gasteiger partial charge in [-0.25, -0.2) is 0 Å². The quantitative estimate of drug-likeness (QED) is 0.568. The SMILES string of the molecule is Cc1c[nH]nc1S(=O)(=O)O. The molecule has 1 heterocycles. The van der Waals surface area contributed by atoms with Gasteiger partial charge in [-0.15, -0.1) is 0 Å². The van der Waals surface area contributed by atoms with Crippen LogP contribution in [-0.2, 0) is 10.1 Å². The van der Waals surface area contributed by atoms with E-state index >= 15 is 0 Å². The number of H-pyrrole nitrogens is 1. The van der Waals surface area contributed by atoms with Crippen LogP contribution in [0.2, 0.25) is 0 Å². The summed E-state index contributed by atoms with van der Waals surface area (Å²) < 4.78 is 29.2. The molecule has 0 aromatic carbocycles. The van der Waals surface area contributed by atoms with Gasteiger partial charge in [-0.3, -0.25) is 9.65 Å². The molecule has 0 saturated heterocycles. The number of rotatable bonds is 1. The molecule has 10 heavy (non-hydrogen) atoms. The van der Waals surface area contributed by atoms with Gasteiger partial charge in [0.15, 0.2) is 0 Å². The van der Waals surface area contributed by atoms with E-state index in [0.717, 1.165) is 0 Å². The number of nitrogens with one attached hydrogen (secondary N) is 1. The maximum absolute atomic E-state index is 10.4. The summed E-state index contributed by atoms with van der Waals surface area (Å²) in [5.74, 6) is 0. The van der Waals surface area contributed by atoms with Crippen molar-refractivity contribution in [3.63, 3.8) is 0 Å². The summed E-state index contributed by atoms with van der Waals surface area (Å²) in [6, 6.07) is 0. The first-order chi connectivity index (χ1) is 4.52. The predicted octanol–water partition coefficient (Wildman–Crippen LogP) is -0.0352. The second kappa shape index (κ2) is 2.06. The number of hydrogen-bond donors (Lipinski definition) is 2. The standard InChI is InChI=1S/C4H6N2O3S/c1-3-2-5-6-4(3)10(7,8)9/h2H,1H3,(H,5,6)(H,7,8,9). The molecule has 2 N–H and O–H groups in total. The van der Waals surface area contributed by atoms with Crippen molar-refractivity contribution in [2.45, 2.75) is 11.9 Å². The molecule has 0 aliphatic carbocycles. The van der Waals surface area contributed by atoms with E-state index in [1.807, 2.05) is 0 Å². The summed E-state index contributed by atoms with van der Waals surface area (Å²) in [4.78, 5) is 0. The lowest BCUT2D eigenvalue weighted by Gasteiger charge is -1.88. The average molecular weight is 162 g/mol. The van der Waals surface area contributed by atoms with Crippen molar-refractivity contribution in [2.75, 3.05) is 0 Å². The van der Waals surface area contributed by atoms with Crippen molar-refractivity contribution in [3.05, 3.63) is 11.8 Å². The zero-order chi connectivity index (χ0) is 7.78. The molecule has 1 rings (SSSR count). The molecule has 0 aliphatic heterocycles. The molecular formula is C4H6N2O3S. The first-order valence-electron chi connectivity index (χ1n) is 2.49. The van der Waals surface area contributed by atoms with Gasteiger partial charge in [0.25, 0.3) is 0 Å². The minimum Gasteiger partial charge on any atom is -0.284 e. The van der Waals surface area contributed by atoms with Crippen molar-refractivity contribution in [1.29, 1.82) is 0 Å². The summed E-state index contributed by atoms with van der Waals surface area (Å²) >= 11 is 0. The van der Waals surface area contributed by atoms with E-state index in [2.05, 4.69) is 10.2 Å². The minimum atomic E-state index is -4.13. The highest BCUT2D eigenvalue weighted by molar-refractivity contribution is 7.85. The first-order valence-corrected chi connectivity index (χ1v) is 3.93. The molecule has 0 fully saturated rings. The van der Waals surface area contributed by atoms with Gasteiger partial charge in [0.1, 0.15) is 0 Å². The number of aryl methyl sites for hydroxylation is 1. The smallest absolute Gasteiger partial charge is 0.284 e. The first kappa shape index (κ1) is 7.23. The Morgan fingerprint density at radius 1 is 1.70 bits per heavy atom. The monoisotopic (exact) mass is 162 g/mol. The molecule has 1 aromatic rings. The van der Waals surface area contributed by atoms with Gasteiger partial charge in [0.2, 0.25) is 5.03 Å². The molecular weight excluding hydrogens is 156 g/mol. The van der Waals surface area contributed by atoms with E-state index in [-0.39, 0.29) is 5.03 Å². The van der Waals surface area contributed by atoms with Crippen LogP contribution in [0.1, 0.15) is 5.56 Å². The lowest BCUT2D eigenvalue weighted by molar-refractivity contribution is 0.478. The van der Waals surface area contributed by atoms with E-state index in [0.29, 0.717) is 5.56 Å². The highest BCUT2D eigenvalue weighted by Crippen LogP contribution is 2.08. The summed E-state index contributed by atoms with van der Waals surface area (Å²) in [6.45, 7) is 1.53. The fourth-order valence-corrected chi connectivity index (χ4v) is 1.23. The lowest BCUT2D eigenvalue weighted by Crippen LogP contribution is -1.99. The molecule has 0 unspecified atom stereocenters. The van der Waals surface area contributed by atoms with Gasteiger partial charge in [-0.2, -0.15) is 13.5 Å². The second-order valence-electron chi connectivity index (χ2n) is 1.85. The molecule has 0 amide bonds. The highest BCUT2D eigenvalue weighted by atomic mass is 32.2. The molecule has 0 atom stereocenters. The van der Waals surface area contributed by atoms with E-state index in [4.69, 9.17) is 4.55 Å². The fourth-order valence-electron chi connectivity index (χ4n) is 0.599. The van der Waals surface area contributed by atoms with Gasteiger partial charge in [-0.1, -0.05) is 0 Å². The zero-order valence-electron chi connectivity index (χ0n) is 5.20. The Morgan fingerprint density at radius 2 is 2.30 bits per heavy atom. The van der Waals surface area contributed by atoms with Crippen LogP contribution in [0.5, 0.6) is 0 Å². The Hall–Kier alpha value is -0.880. The van der Waals surface area contributed by atoms with Crippen LogP contribution >= 0.6 is 0 Å². The molecule has 0 aliphatic rings. The Morgan fingerprint density at radius 3 is 2.50 bits per heavy atom. The van der Waals surface area contributed by atoms with E-state index in [9.17, 15) is 8.42 Å². The van der Waals surface area contributed by atoms with Crippen molar-refractivity contribution in [1.82, 2.24) is 10.2 Å². The minimum absolute atomic E-state index is 0.312. The summed E-state index contributed by atoms with van der Waals surface area (Å²) in [7, 11) is -4.13. The summed E-state index contributed by atoms with van der Waals surface area (Å²) in [5, 5.41) is 5.33. The summed E-state index contributed by atoms with van der Waals surface area (Å²) in [5.41, 5.74) is 0.405. The van der Waals surface area contributed by atoms with Crippen molar-refractivity contribution in [2.24, 2.45) is 0 Å². The van der Waals surface area contributed by atoms with Crippen LogP contribution < -0.4 is 0 Å². The largest absolute Gasteiger partial charge is 0.314 e. The van der Waals surface area contributed by atoms with Gasteiger partial charge in [-0.05, 0) is 6.92 Å². The van der Waals surface area contributed by atoms with E-state index in [1.54, 1.807) is 0 Å². The van der Waals surface area contributed by atoms with Crippen LogP contribution in [0.3, 0.4) is 0 Å². The molecule has 0 bridgehead atoms. The van der Waals surface area contributed by atoms with Crippen LogP contribution in [0.25, 0.3) is 0 Å². The second-order valence-corrected chi connectivity index (χ2v) is 3.19. The Kier molecular flexibility index (Phi) is 1.49. The van der Waals surface area contributed by atoms with E-state index in [1.165, 1.54) is 13.1 Å². The van der Waals surface area contributed by atoms with Gasteiger partial charge >= 0.3 is 10.1 Å². The number of aromatic amines is 1. The number of hydrogen-bond acceptors (Lipinski definition) is 3. The molecule has 1 aromatic heterocycles. The molecule has 0 radical (unpaired) electrons. The van der Waals surface area contributed by atoms with Gasteiger partial charge < -0.3 is 0 Å². The third-order valence-electron chi connectivity index (χ3n) is 1.03. The number of aromatic nitrogens is 2. The molecule has 5 nitrogen and oxygen atoms in total. The third-order valence-corrected chi connectivity index (χ3v) is 1.93. The van der Waals surface area contributed by atoms with Gasteiger partial charge in [0, 0.05) is 11.8 Å². The average Bonchev–Trinajstić information content (AvgIpc) is 2.11.